The number of pyridine rings is 1. The maximum atomic E-state index is 5.65. The molecule has 0 aliphatic heterocycles. The molecule has 0 saturated heterocycles. The molecule has 0 aromatic carbocycles. The maximum Gasteiger partial charge on any atom is 0.0962 e. The molecular weight excluding hydrogens is 178 g/mol. The van der Waals surface area contributed by atoms with Gasteiger partial charge in [-0.15, -0.1) is 23.4 Å². The van der Waals surface area contributed by atoms with E-state index >= 15 is 0 Å². The third-order valence-corrected chi connectivity index (χ3v) is 2.87. The highest BCUT2D eigenvalue weighted by molar-refractivity contribution is 7.99. The molecule has 0 N–H and O–H groups in total. The van der Waals surface area contributed by atoms with Crippen LogP contribution in [0.5, 0.6) is 0 Å². The summed E-state index contributed by atoms with van der Waals surface area (Å²) in [7, 11) is 0. The van der Waals surface area contributed by atoms with Gasteiger partial charge in [0.05, 0.1) is 5.03 Å². The first kappa shape index (κ1) is 8.88. The molecule has 0 spiro atoms. The summed E-state index contributed by atoms with van der Waals surface area (Å²) in [6, 6.07) is 5.89. The Morgan fingerprint density at radius 1 is 1.64 bits per heavy atom. The van der Waals surface area contributed by atoms with Gasteiger partial charge in [-0.2, -0.15) is 0 Å². The Balaban J connectivity index is 2.51. The lowest BCUT2D eigenvalue weighted by Crippen LogP contribution is -1.96. The molecule has 1 unspecified atom stereocenters. The van der Waals surface area contributed by atoms with E-state index in [4.69, 9.17) is 11.6 Å². The minimum atomic E-state index is 0.437. The lowest BCUT2D eigenvalue weighted by Gasteiger charge is -2.04. The van der Waals surface area contributed by atoms with Crippen molar-refractivity contribution in [3.8, 4) is 0 Å². The zero-order valence-electron chi connectivity index (χ0n) is 6.33. The summed E-state index contributed by atoms with van der Waals surface area (Å²) in [6.07, 6.45) is 1.79. The van der Waals surface area contributed by atoms with Gasteiger partial charge in [0.1, 0.15) is 0 Å². The third kappa shape index (κ3) is 3.12. The number of alkyl halides is 1. The molecule has 3 heteroatoms. The predicted molar refractivity (Wildman–Crippen MR) is 50.3 cm³/mol. The number of halogens is 1. The first-order chi connectivity index (χ1) is 5.33. The summed E-state index contributed by atoms with van der Waals surface area (Å²) in [4.78, 5) is 4.17. The van der Waals surface area contributed by atoms with Crippen LogP contribution in [0.25, 0.3) is 0 Å². The van der Waals surface area contributed by atoms with Crippen molar-refractivity contribution in [1.82, 2.24) is 4.98 Å². The predicted octanol–water partition coefficient (Wildman–Crippen LogP) is 2.80. The number of rotatable bonds is 3. The number of hydrogen-bond acceptors (Lipinski definition) is 2. The Hall–Kier alpha value is -0.210. The molecule has 11 heavy (non-hydrogen) atoms. The molecule has 0 bridgehead atoms. The van der Waals surface area contributed by atoms with E-state index in [1.807, 2.05) is 18.2 Å². The highest BCUT2D eigenvalue weighted by Crippen LogP contribution is 2.20. The fraction of sp³-hybridized carbons (Fsp3) is 0.375. The lowest BCUT2D eigenvalue weighted by molar-refractivity contribution is 1.08. The van der Waals surface area contributed by atoms with Crippen LogP contribution in [0, 0.1) is 0 Å². The number of aromatic nitrogens is 1. The van der Waals surface area contributed by atoms with E-state index in [1.54, 1.807) is 18.0 Å². The molecule has 1 atom stereocenters. The van der Waals surface area contributed by atoms with E-state index < -0.39 is 0 Å². The van der Waals surface area contributed by atoms with Crippen LogP contribution in [0.1, 0.15) is 6.92 Å². The van der Waals surface area contributed by atoms with Crippen molar-refractivity contribution in [3.05, 3.63) is 24.4 Å². The fourth-order valence-corrected chi connectivity index (χ4v) is 1.60. The minimum Gasteiger partial charge on any atom is -0.250 e. The quantitative estimate of drug-likeness (QED) is 0.533. The highest BCUT2D eigenvalue weighted by atomic mass is 35.5. The molecule has 0 aliphatic rings. The van der Waals surface area contributed by atoms with Crippen LogP contribution >= 0.6 is 23.4 Å². The highest BCUT2D eigenvalue weighted by Gasteiger charge is 2.01. The van der Waals surface area contributed by atoms with Crippen molar-refractivity contribution in [2.75, 3.05) is 5.88 Å². The number of nitrogens with zero attached hydrogens (tertiary/aromatic N) is 1. The lowest BCUT2D eigenvalue weighted by atomic mass is 10.5. The second-order valence-electron chi connectivity index (χ2n) is 2.25. The van der Waals surface area contributed by atoms with Crippen molar-refractivity contribution in [2.45, 2.75) is 17.2 Å². The molecule has 1 heterocycles. The molecular formula is C8H10ClNS. The van der Waals surface area contributed by atoms with Gasteiger partial charge in [-0.3, -0.25) is 0 Å². The SMILES string of the molecule is CC(CCl)Sc1ccccn1. The molecule has 0 amide bonds. The second-order valence-corrected chi connectivity index (χ2v) is 4.02. The van der Waals surface area contributed by atoms with Gasteiger partial charge in [-0.25, -0.2) is 4.98 Å². The Bertz CT molecular complexity index is 203. The van der Waals surface area contributed by atoms with Gasteiger partial charge in [0.2, 0.25) is 0 Å². The number of hydrogen-bond donors (Lipinski definition) is 0. The zero-order chi connectivity index (χ0) is 8.10. The van der Waals surface area contributed by atoms with Crippen LogP contribution in [0.2, 0.25) is 0 Å². The third-order valence-electron chi connectivity index (χ3n) is 1.18. The summed E-state index contributed by atoms with van der Waals surface area (Å²) in [5.74, 6) is 0.668. The maximum absolute atomic E-state index is 5.65. The topological polar surface area (TPSA) is 12.9 Å². The van der Waals surface area contributed by atoms with Gasteiger partial charge in [0.25, 0.3) is 0 Å². The fourth-order valence-electron chi connectivity index (χ4n) is 0.654. The van der Waals surface area contributed by atoms with E-state index in [2.05, 4.69) is 11.9 Å². The number of thioether (sulfide) groups is 1. The summed E-state index contributed by atoms with van der Waals surface area (Å²) in [5.41, 5.74) is 0. The van der Waals surface area contributed by atoms with Gasteiger partial charge in [0.15, 0.2) is 0 Å². The Labute approximate surface area is 76.2 Å². The molecule has 0 radical (unpaired) electrons. The Morgan fingerprint density at radius 2 is 2.45 bits per heavy atom. The van der Waals surface area contributed by atoms with E-state index in [0.717, 1.165) is 5.03 Å². The van der Waals surface area contributed by atoms with E-state index in [0.29, 0.717) is 11.1 Å². The van der Waals surface area contributed by atoms with Gasteiger partial charge >= 0.3 is 0 Å². The smallest absolute Gasteiger partial charge is 0.0962 e. The normalized spacial score (nSPS) is 12.9. The van der Waals surface area contributed by atoms with Crippen molar-refractivity contribution < 1.29 is 0 Å². The van der Waals surface area contributed by atoms with Crippen LogP contribution in [-0.2, 0) is 0 Å². The van der Waals surface area contributed by atoms with Crippen molar-refractivity contribution in [1.29, 1.82) is 0 Å². The van der Waals surface area contributed by atoms with Crippen LogP contribution in [0.4, 0.5) is 0 Å². The zero-order valence-corrected chi connectivity index (χ0v) is 7.90. The average molecular weight is 188 g/mol. The second kappa shape index (κ2) is 4.62. The van der Waals surface area contributed by atoms with E-state index in [-0.39, 0.29) is 0 Å². The first-order valence-corrected chi connectivity index (χ1v) is 4.88. The summed E-state index contributed by atoms with van der Waals surface area (Å²) >= 11 is 7.35. The molecule has 1 aromatic rings. The van der Waals surface area contributed by atoms with Crippen LogP contribution in [0.3, 0.4) is 0 Å². The van der Waals surface area contributed by atoms with E-state index in [1.165, 1.54) is 0 Å². The summed E-state index contributed by atoms with van der Waals surface area (Å²) in [6.45, 7) is 2.09. The molecule has 0 fully saturated rings. The van der Waals surface area contributed by atoms with Crippen LogP contribution in [0.15, 0.2) is 29.4 Å². The Morgan fingerprint density at radius 3 is 3.00 bits per heavy atom. The molecule has 1 rings (SSSR count). The van der Waals surface area contributed by atoms with Crippen LogP contribution < -0.4 is 0 Å². The minimum absolute atomic E-state index is 0.437. The summed E-state index contributed by atoms with van der Waals surface area (Å²) in [5, 5.41) is 1.48. The summed E-state index contributed by atoms with van der Waals surface area (Å²) < 4.78 is 0. The molecule has 60 valence electrons. The largest absolute Gasteiger partial charge is 0.250 e. The van der Waals surface area contributed by atoms with Crippen molar-refractivity contribution in [2.24, 2.45) is 0 Å². The standard InChI is InChI=1S/C8H10ClNS/c1-7(6-9)11-8-4-2-3-5-10-8/h2-5,7H,6H2,1H3. The Kier molecular flexibility index (Phi) is 3.73. The monoisotopic (exact) mass is 187 g/mol. The van der Waals surface area contributed by atoms with Gasteiger partial charge in [0, 0.05) is 17.3 Å². The van der Waals surface area contributed by atoms with Gasteiger partial charge in [-0.1, -0.05) is 13.0 Å². The van der Waals surface area contributed by atoms with Crippen molar-refractivity contribution in [3.63, 3.8) is 0 Å². The van der Waals surface area contributed by atoms with Gasteiger partial charge < -0.3 is 0 Å². The molecule has 1 nitrogen and oxygen atoms in total. The van der Waals surface area contributed by atoms with Crippen LogP contribution in [-0.4, -0.2) is 16.1 Å². The molecule has 0 aliphatic carbocycles. The molecule has 0 saturated carbocycles. The van der Waals surface area contributed by atoms with Crippen molar-refractivity contribution >= 4 is 23.4 Å². The van der Waals surface area contributed by atoms with Gasteiger partial charge in [-0.05, 0) is 12.1 Å². The molecule has 1 aromatic heterocycles. The average Bonchev–Trinajstić information content (AvgIpc) is 2.06. The first-order valence-electron chi connectivity index (χ1n) is 3.46. The van der Waals surface area contributed by atoms with E-state index in [9.17, 15) is 0 Å².